The molecule has 1 saturated carbocycles. The summed E-state index contributed by atoms with van der Waals surface area (Å²) in [6.45, 7) is 3.96. The van der Waals surface area contributed by atoms with E-state index in [-0.39, 0.29) is 0 Å². The lowest BCUT2D eigenvalue weighted by molar-refractivity contribution is -0.00195. The van der Waals surface area contributed by atoms with Crippen molar-refractivity contribution in [2.75, 3.05) is 26.3 Å². The van der Waals surface area contributed by atoms with E-state index >= 15 is 0 Å². The third-order valence-electron chi connectivity index (χ3n) is 3.13. The Bertz CT molecular complexity index is 181. The average molecular weight is 231 g/mol. The lowest BCUT2D eigenvalue weighted by Crippen LogP contribution is -2.44. The molecule has 1 atom stereocenters. The van der Waals surface area contributed by atoms with Crippen LogP contribution in [0.2, 0.25) is 0 Å². The monoisotopic (exact) mass is 231 g/mol. The molecule has 0 aliphatic heterocycles. The van der Waals surface area contributed by atoms with Gasteiger partial charge in [0.05, 0.1) is 18.3 Å². The normalized spacial score (nSPS) is 21.9. The number of aliphatic hydroxyl groups excluding tert-OH is 1. The molecule has 4 nitrogen and oxygen atoms in total. The maximum Gasteiger partial charge on any atom is 0.0897 e. The first-order valence-corrected chi connectivity index (χ1v) is 6.35. The average Bonchev–Trinajstić information content (AvgIpc) is 2.27. The Hall–Kier alpha value is -0.160. The van der Waals surface area contributed by atoms with Crippen molar-refractivity contribution < 1.29 is 14.9 Å². The lowest BCUT2D eigenvalue weighted by atomic mass is 9.85. The van der Waals surface area contributed by atoms with Crippen LogP contribution in [0.3, 0.4) is 0 Å². The van der Waals surface area contributed by atoms with Crippen molar-refractivity contribution in [3.05, 3.63) is 0 Å². The molecule has 0 aromatic rings. The van der Waals surface area contributed by atoms with Crippen LogP contribution < -0.4 is 5.32 Å². The van der Waals surface area contributed by atoms with Gasteiger partial charge in [0.1, 0.15) is 0 Å². The van der Waals surface area contributed by atoms with Gasteiger partial charge in [0.2, 0.25) is 0 Å². The van der Waals surface area contributed by atoms with Gasteiger partial charge in [-0.25, -0.2) is 0 Å². The van der Waals surface area contributed by atoms with Gasteiger partial charge in [-0.05, 0) is 19.8 Å². The Morgan fingerprint density at radius 3 is 2.62 bits per heavy atom. The number of hydrogen-bond donors (Lipinski definition) is 3. The molecule has 16 heavy (non-hydrogen) atoms. The highest BCUT2D eigenvalue weighted by molar-refractivity contribution is 4.84. The minimum Gasteiger partial charge on any atom is -0.389 e. The highest BCUT2D eigenvalue weighted by Gasteiger charge is 2.28. The topological polar surface area (TPSA) is 61.7 Å². The zero-order chi connectivity index (χ0) is 11.9. The first-order chi connectivity index (χ1) is 7.66. The highest BCUT2D eigenvalue weighted by Crippen LogP contribution is 2.27. The Balaban J connectivity index is 2.09. The van der Waals surface area contributed by atoms with E-state index < -0.39 is 11.7 Å². The van der Waals surface area contributed by atoms with Crippen molar-refractivity contribution >= 4 is 0 Å². The van der Waals surface area contributed by atoms with Crippen molar-refractivity contribution in [2.24, 2.45) is 0 Å². The second-order valence-corrected chi connectivity index (χ2v) is 4.73. The summed E-state index contributed by atoms with van der Waals surface area (Å²) in [4.78, 5) is 0. The van der Waals surface area contributed by atoms with Crippen molar-refractivity contribution in [1.29, 1.82) is 0 Å². The second kappa shape index (κ2) is 7.22. The van der Waals surface area contributed by atoms with Crippen molar-refractivity contribution in [3.8, 4) is 0 Å². The van der Waals surface area contributed by atoms with Crippen molar-refractivity contribution in [1.82, 2.24) is 5.32 Å². The molecule has 0 aromatic carbocycles. The first kappa shape index (κ1) is 13.9. The molecule has 1 rings (SSSR count). The number of aliphatic hydroxyl groups is 2. The van der Waals surface area contributed by atoms with Gasteiger partial charge in [-0.15, -0.1) is 0 Å². The summed E-state index contributed by atoms with van der Waals surface area (Å²) < 4.78 is 5.11. The largest absolute Gasteiger partial charge is 0.389 e. The molecule has 1 aliphatic carbocycles. The van der Waals surface area contributed by atoms with Gasteiger partial charge in [0, 0.05) is 19.7 Å². The fourth-order valence-corrected chi connectivity index (χ4v) is 2.17. The maximum atomic E-state index is 10.2. The van der Waals surface area contributed by atoms with Crippen LogP contribution in [0.4, 0.5) is 0 Å². The quantitative estimate of drug-likeness (QED) is 0.602. The molecule has 0 heterocycles. The first-order valence-electron chi connectivity index (χ1n) is 6.35. The van der Waals surface area contributed by atoms with Gasteiger partial charge >= 0.3 is 0 Å². The summed E-state index contributed by atoms with van der Waals surface area (Å²) in [5, 5.41) is 22.8. The molecular formula is C12H25NO3. The Labute approximate surface area is 98.0 Å². The summed E-state index contributed by atoms with van der Waals surface area (Å²) in [6.07, 6.45) is 4.73. The molecular weight excluding hydrogens is 206 g/mol. The molecule has 0 spiro atoms. The van der Waals surface area contributed by atoms with E-state index in [0.29, 0.717) is 26.3 Å². The van der Waals surface area contributed by atoms with Crippen LogP contribution in [-0.2, 0) is 4.74 Å². The van der Waals surface area contributed by atoms with Gasteiger partial charge in [0.15, 0.2) is 0 Å². The molecule has 4 heteroatoms. The second-order valence-electron chi connectivity index (χ2n) is 4.73. The van der Waals surface area contributed by atoms with Gasteiger partial charge in [-0.3, -0.25) is 0 Å². The lowest BCUT2D eigenvalue weighted by Gasteiger charge is -2.32. The SMILES string of the molecule is CCOCC(O)CNCC1(O)CCCCC1. The Morgan fingerprint density at radius 2 is 2.00 bits per heavy atom. The van der Waals surface area contributed by atoms with Gasteiger partial charge in [-0.2, -0.15) is 0 Å². The van der Waals surface area contributed by atoms with Crippen molar-refractivity contribution in [2.45, 2.75) is 50.7 Å². The number of rotatable bonds is 7. The fraction of sp³-hybridized carbons (Fsp3) is 1.00. The fourth-order valence-electron chi connectivity index (χ4n) is 2.17. The summed E-state index contributed by atoms with van der Waals surface area (Å²) in [5.41, 5.74) is -0.552. The van der Waals surface area contributed by atoms with Gasteiger partial charge < -0.3 is 20.3 Å². The summed E-state index contributed by atoms with van der Waals surface area (Å²) in [5.74, 6) is 0. The van der Waals surface area contributed by atoms with Crippen LogP contribution in [0.25, 0.3) is 0 Å². The molecule has 0 saturated heterocycles. The predicted octanol–water partition coefficient (Wildman–Crippen LogP) is 0.669. The van der Waals surface area contributed by atoms with Crippen LogP contribution in [-0.4, -0.2) is 48.2 Å². The smallest absolute Gasteiger partial charge is 0.0897 e. The molecule has 0 bridgehead atoms. The van der Waals surface area contributed by atoms with Gasteiger partial charge in [0.25, 0.3) is 0 Å². The number of nitrogens with one attached hydrogen (secondary N) is 1. The summed E-state index contributed by atoms with van der Waals surface area (Å²) in [6, 6.07) is 0. The highest BCUT2D eigenvalue weighted by atomic mass is 16.5. The molecule has 3 N–H and O–H groups in total. The molecule has 0 amide bonds. The summed E-state index contributed by atoms with van der Waals surface area (Å²) >= 11 is 0. The van der Waals surface area contributed by atoms with E-state index in [0.717, 1.165) is 25.7 Å². The minimum absolute atomic E-state index is 0.363. The molecule has 96 valence electrons. The maximum absolute atomic E-state index is 10.2. The van der Waals surface area contributed by atoms with Crippen molar-refractivity contribution in [3.63, 3.8) is 0 Å². The molecule has 0 radical (unpaired) electrons. The predicted molar refractivity (Wildman–Crippen MR) is 63.4 cm³/mol. The van der Waals surface area contributed by atoms with E-state index in [1.165, 1.54) is 6.42 Å². The summed E-state index contributed by atoms with van der Waals surface area (Å²) in [7, 11) is 0. The van der Waals surface area contributed by atoms with E-state index in [2.05, 4.69) is 5.32 Å². The molecule has 0 aromatic heterocycles. The van der Waals surface area contributed by atoms with Crippen LogP contribution in [0.1, 0.15) is 39.0 Å². The zero-order valence-electron chi connectivity index (χ0n) is 10.2. The molecule has 1 fully saturated rings. The van der Waals surface area contributed by atoms with E-state index in [1.807, 2.05) is 6.92 Å². The zero-order valence-corrected chi connectivity index (χ0v) is 10.2. The minimum atomic E-state index is -0.552. The van der Waals surface area contributed by atoms with Crippen LogP contribution >= 0.6 is 0 Å². The standard InChI is InChI=1S/C12H25NO3/c1-2-16-9-11(14)8-13-10-12(15)6-4-3-5-7-12/h11,13-15H,2-10H2,1H3. The van der Waals surface area contributed by atoms with Crippen LogP contribution in [0.15, 0.2) is 0 Å². The van der Waals surface area contributed by atoms with Gasteiger partial charge in [-0.1, -0.05) is 19.3 Å². The van der Waals surface area contributed by atoms with Crippen LogP contribution in [0, 0.1) is 0 Å². The molecule has 1 unspecified atom stereocenters. The Kier molecular flexibility index (Phi) is 6.28. The van der Waals surface area contributed by atoms with Crippen LogP contribution in [0.5, 0.6) is 0 Å². The molecule has 1 aliphatic rings. The Morgan fingerprint density at radius 1 is 1.31 bits per heavy atom. The third-order valence-corrected chi connectivity index (χ3v) is 3.13. The van der Waals surface area contributed by atoms with E-state index in [9.17, 15) is 10.2 Å². The van der Waals surface area contributed by atoms with E-state index in [4.69, 9.17) is 4.74 Å². The number of hydrogen-bond acceptors (Lipinski definition) is 4. The van der Waals surface area contributed by atoms with E-state index in [1.54, 1.807) is 0 Å². The number of ether oxygens (including phenoxy) is 1. The third kappa shape index (κ3) is 5.25.